The summed E-state index contributed by atoms with van der Waals surface area (Å²) in [5.41, 5.74) is 0.137. The molecule has 0 saturated carbocycles. The lowest BCUT2D eigenvalue weighted by Gasteiger charge is -2.30. The quantitative estimate of drug-likeness (QED) is 0.574. The van der Waals surface area contributed by atoms with E-state index in [4.69, 9.17) is 9.16 Å². The van der Waals surface area contributed by atoms with Gasteiger partial charge in [0.15, 0.2) is 0 Å². The second-order valence-corrected chi connectivity index (χ2v) is 7.90. The summed E-state index contributed by atoms with van der Waals surface area (Å²) in [6.45, 7) is 12.3. The van der Waals surface area contributed by atoms with Crippen LogP contribution in [0.2, 0.25) is 13.1 Å². The molecular weight excluding hydrogens is 232 g/mol. The summed E-state index contributed by atoms with van der Waals surface area (Å²) in [5, 5.41) is 0. The average Bonchev–Trinajstić information content (AvgIpc) is 2.44. The van der Waals surface area contributed by atoms with Gasteiger partial charge in [0.2, 0.25) is 0 Å². The Balaban J connectivity index is 2.80. The van der Waals surface area contributed by atoms with E-state index in [1.165, 1.54) is 6.92 Å². The van der Waals surface area contributed by atoms with Crippen LogP contribution in [0, 0.1) is 11.3 Å². The molecule has 0 fully saturated rings. The summed E-state index contributed by atoms with van der Waals surface area (Å²) in [7, 11) is -0.770. The van der Waals surface area contributed by atoms with Crippen LogP contribution < -0.4 is 0 Å². The van der Waals surface area contributed by atoms with Gasteiger partial charge >= 0.3 is 5.97 Å². The number of hydrogen-bond acceptors (Lipinski definition) is 3. The highest BCUT2D eigenvalue weighted by molar-refractivity contribution is 6.48. The highest BCUT2D eigenvalue weighted by Crippen LogP contribution is 2.41. The van der Waals surface area contributed by atoms with E-state index in [2.05, 4.69) is 33.9 Å². The predicted octanol–water partition coefficient (Wildman–Crippen LogP) is 3.14. The third kappa shape index (κ3) is 4.19. The summed E-state index contributed by atoms with van der Waals surface area (Å²) >= 11 is 0. The molecule has 0 bridgehead atoms. The van der Waals surface area contributed by atoms with E-state index in [0.717, 1.165) is 12.2 Å². The molecule has 0 N–H and O–H groups in total. The fourth-order valence-corrected chi connectivity index (χ4v) is 2.81. The summed E-state index contributed by atoms with van der Waals surface area (Å²) < 4.78 is 11.2. The van der Waals surface area contributed by atoms with Crippen molar-refractivity contribution >= 4 is 15.0 Å². The number of esters is 1. The molecule has 1 aliphatic rings. The van der Waals surface area contributed by atoms with Gasteiger partial charge in [0.05, 0.1) is 5.76 Å². The second-order valence-electron chi connectivity index (χ2n) is 5.88. The van der Waals surface area contributed by atoms with Crippen LogP contribution in [-0.2, 0) is 14.0 Å². The molecule has 0 heterocycles. The van der Waals surface area contributed by atoms with Crippen molar-refractivity contribution in [2.75, 3.05) is 0 Å². The van der Waals surface area contributed by atoms with Crippen LogP contribution in [0.4, 0.5) is 0 Å². The number of carbonyl (C=O) groups excluding carboxylic acids is 1. The van der Waals surface area contributed by atoms with Crippen LogP contribution in [0.5, 0.6) is 0 Å². The van der Waals surface area contributed by atoms with Crippen molar-refractivity contribution in [1.29, 1.82) is 0 Å². The van der Waals surface area contributed by atoms with Crippen LogP contribution >= 0.6 is 0 Å². The van der Waals surface area contributed by atoms with E-state index in [0.29, 0.717) is 5.92 Å². The number of rotatable bonds is 3. The molecule has 0 spiro atoms. The van der Waals surface area contributed by atoms with Crippen LogP contribution in [0.25, 0.3) is 0 Å². The van der Waals surface area contributed by atoms with Crippen LogP contribution in [0.1, 0.15) is 34.1 Å². The third-order valence-corrected chi connectivity index (χ3v) is 3.49. The third-order valence-electron chi connectivity index (χ3n) is 2.85. The molecule has 0 aliphatic heterocycles. The van der Waals surface area contributed by atoms with E-state index in [-0.39, 0.29) is 17.5 Å². The molecule has 1 aliphatic carbocycles. The van der Waals surface area contributed by atoms with Crippen molar-refractivity contribution in [3.8, 4) is 0 Å². The SMILES string of the molecule is CC(=O)O[C@H]1C=C(O[Si](C)C)[C@H](C(C)(C)C)C1. The summed E-state index contributed by atoms with van der Waals surface area (Å²) in [4.78, 5) is 11.0. The Bertz CT molecular complexity index is 315. The number of ether oxygens (including phenoxy) is 1. The Hall–Kier alpha value is -0.773. The second kappa shape index (κ2) is 5.25. The monoisotopic (exact) mass is 255 g/mol. The van der Waals surface area contributed by atoms with E-state index in [1.807, 2.05) is 6.08 Å². The maximum absolute atomic E-state index is 11.0. The Kier molecular flexibility index (Phi) is 4.41. The summed E-state index contributed by atoms with van der Waals surface area (Å²) in [6.07, 6.45) is 2.70. The van der Waals surface area contributed by atoms with Crippen LogP contribution in [0.15, 0.2) is 11.8 Å². The van der Waals surface area contributed by atoms with Gasteiger partial charge in [0.1, 0.15) is 6.10 Å². The predicted molar refractivity (Wildman–Crippen MR) is 69.8 cm³/mol. The van der Waals surface area contributed by atoms with Gasteiger partial charge in [-0.3, -0.25) is 4.79 Å². The lowest BCUT2D eigenvalue weighted by Crippen LogP contribution is -2.25. The van der Waals surface area contributed by atoms with Crippen molar-refractivity contribution in [2.24, 2.45) is 11.3 Å². The first-order valence-electron chi connectivity index (χ1n) is 6.07. The van der Waals surface area contributed by atoms with Crippen molar-refractivity contribution in [3.63, 3.8) is 0 Å². The van der Waals surface area contributed by atoms with Gasteiger partial charge in [-0.05, 0) is 31.0 Å². The van der Waals surface area contributed by atoms with Crippen molar-refractivity contribution in [1.82, 2.24) is 0 Å². The maximum Gasteiger partial charge on any atom is 0.303 e. The molecular formula is C13H23O3Si. The van der Waals surface area contributed by atoms with Gasteiger partial charge in [-0.1, -0.05) is 20.8 Å². The number of allylic oxidation sites excluding steroid dienone is 1. The molecule has 1 rings (SSSR count). The lowest BCUT2D eigenvalue weighted by atomic mass is 9.79. The Morgan fingerprint density at radius 2 is 2.00 bits per heavy atom. The number of hydrogen-bond donors (Lipinski definition) is 0. The molecule has 17 heavy (non-hydrogen) atoms. The summed E-state index contributed by atoms with van der Waals surface area (Å²) in [5.74, 6) is 1.13. The zero-order valence-electron chi connectivity index (χ0n) is 11.7. The molecule has 2 atom stereocenters. The van der Waals surface area contributed by atoms with Gasteiger partial charge in [0, 0.05) is 12.8 Å². The van der Waals surface area contributed by atoms with Gasteiger partial charge in [0.25, 0.3) is 9.04 Å². The molecule has 4 heteroatoms. The topological polar surface area (TPSA) is 35.5 Å². The Morgan fingerprint density at radius 3 is 2.41 bits per heavy atom. The van der Waals surface area contributed by atoms with Gasteiger partial charge in [-0.2, -0.15) is 0 Å². The fourth-order valence-electron chi connectivity index (χ4n) is 2.13. The van der Waals surface area contributed by atoms with E-state index >= 15 is 0 Å². The first-order chi connectivity index (χ1) is 7.70. The largest absolute Gasteiger partial charge is 0.545 e. The highest BCUT2D eigenvalue weighted by atomic mass is 28.3. The zero-order valence-corrected chi connectivity index (χ0v) is 12.7. The minimum atomic E-state index is -0.770. The fraction of sp³-hybridized carbons (Fsp3) is 0.769. The van der Waals surface area contributed by atoms with Gasteiger partial charge in [-0.25, -0.2) is 0 Å². The minimum absolute atomic E-state index is 0.118. The molecule has 0 unspecified atom stereocenters. The molecule has 0 amide bonds. The molecule has 97 valence electrons. The first kappa shape index (κ1) is 14.3. The average molecular weight is 255 g/mol. The molecule has 3 nitrogen and oxygen atoms in total. The molecule has 0 aromatic rings. The van der Waals surface area contributed by atoms with Crippen molar-refractivity contribution < 1.29 is 14.0 Å². The van der Waals surface area contributed by atoms with E-state index in [9.17, 15) is 4.79 Å². The molecule has 0 saturated heterocycles. The lowest BCUT2D eigenvalue weighted by molar-refractivity contribution is -0.144. The van der Waals surface area contributed by atoms with E-state index in [1.54, 1.807) is 0 Å². The normalized spacial score (nSPS) is 24.8. The van der Waals surface area contributed by atoms with Gasteiger partial charge < -0.3 is 9.16 Å². The summed E-state index contributed by atoms with van der Waals surface area (Å²) in [6, 6.07) is 0. The Morgan fingerprint density at radius 1 is 1.41 bits per heavy atom. The standard InChI is InChI=1S/C13H23O3Si/c1-9(14)15-10-7-11(13(2,3)4)12(8-10)16-17(5)6/h8,10-11H,7H2,1-6H3/t10-,11-/m1/s1. The number of carbonyl (C=O) groups is 1. The molecule has 0 aromatic heterocycles. The Labute approximate surface area is 106 Å². The highest BCUT2D eigenvalue weighted by Gasteiger charge is 2.37. The van der Waals surface area contributed by atoms with Crippen molar-refractivity contribution in [2.45, 2.75) is 53.3 Å². The molecule has 1 radical (unpaired) electrons. The smallest absolute Gasteiger partial charge is 0.303 e. The minimum Gasteiger partial charge on any atom is -0.545 e. The first-order valence-corrected chi connectivity index (χ1v) is 8.48. The van der Waals surface area contributed by atoms with Gasteiger partial charge in [-0.15, -0.1) is 0 Å². The van der Waals surface area contributed by atoms with Crippen LogP contribution in [-0.4, -0.2) is 21.1 Å². The van der Waals surface area contributed by atoms with Crippen LogP contribution in [0.3, 0.4) is 0 Å². The molecule has 0 aromatic carbocycles. The van der Waals surface area contributed by atoms with Crippen molar-refractivity contribution in [3.05, 3.63) is 11.8 Å². The zero-order chi connectivity index (χ0) is 13.2. The van der Waals surface area contributed by atoms with E-state index < -0.39 is 9.04 Å². The maximum atomic E-state index is 11.0.